The van der Waals surface area contributed by atoms with E-state index >= 15 is 0 Å². The van der Waals surface area contributed by atoms with Gasteiger partial charge in [-0.05, 0) is 84.9 Å². The summed E-state index contributed by atoms with van der Waals surface area (Å²) in [7, 11) is 0. The maximum atomic E-state index is 10.4. The molecule has 4 saturated carbocycles. The summed E-state index contributed by atoms with van der Waals surface area (Å²) >= 11 is 0. The zero-order valence-electron chi connectivity index (χ0n) is 18.2. The van der Waals surface area contributed by atoms with Gasteiger partial charge in [0.25, 0.3) is 0 Å². The zero-order valence-corrected chi connectivity index (χ0v) is 18.2. The summed E-state index contributed by atoms with van der Waals surface area (Å²) < 4.78 is 0. The van der Waals surface area contributed by atoms with Crippen molar-refractivity contribution in [1.29, 1.82) is 5.26 Å². The van der Waals surface area contributed by atoms with E-state index < -0.39 is 0 Å². The summed E-state index contributed by atoms with van der Waals surface area (Å²) in [5.74, 6) is 6.18. The van der Waals surface area contributed by atoms with Crippen molar-refractivity contribution in [3.05, 3.63) is 24.3 Å². The van der Waals surface area contributed by atoms with Crippen LogP contribution in [0.3, 0.4) is 0 Å². The summed E-state index contributed by atoms with van der Waals surface area (Å²) in [4.78, 5) is 0. The van der Waals surface area contributed by atoms with Gasteiger partial charge in [-0.2, -0.15) is 5.26 Å². The molecule has 0 amide bonds. The van der Waals surface area contributed by atoms with Gasteiger partial charge in [0.1, 0.15) is 0 Å². The first-order valence-electron chi connectivity index (χ1n) is 11.6. The van der Waals surface area contributed by atoms with Gasteiger partial charge in [0.05, 0.1) is 11.5 Å². The second-order valence-corrected chi connectivity index (χ2v) is 10.7. The average Bonchev–Trinajstić information content (AvgIpc) is 3.22. The fraction of sp³-hybridized carbons (Fsp3) is 0.808. The third kappa shape index (κ3) is 2.28. The lowest BCUT2D eigenvalue weighted by atomic mass is 9.45. The molecule has 4 rings (SSSR count). The van der Waals surface area contributed by atoms with Crippen LogP contribution in [0.1, 0.15) is 73.1 Å². The molecule has 0 aliphatic heterocycles. The van der Waals surface area contributed by atoms with Crippen molar-refractivity contribution in [3.8, 4) is 6.07 Å². The molecule has 0 aromatic carbocycles. The van der Waals surface area contributed by atoms with Crippen LogP contribution >= 0.6 is 0 Å². The van der Waals surface area contributed by atoms with Gasteiger partial charge in [0.15, 0.2) is 0 Å². The lowest BCUT2D eigenvalue weighted by molar-refractivity contribution is -0.0859. The van der Waals surface area contributed by atoms with E-state index in [-0.39, 0.29) is 10.8 Å². The highest BCUT2D eigenvalue weighted by atomic mass is 14.8. The Morgan fingerprint density at radius 1 is 1.22 bits per heavy atom. The van der Waals surface area contributed by atoms with Crippen molar-refractivity contribution in [2.75, 3.05) is 0 Å². The highest BCUT2D eigenvalue weighted by Crippen LogP contribution is 2.81. The minimum absolute atomic E-state index is 0.0655. The summed E-state index contributed by atoms with van der Waals surface area (Å²) in [6.45, 7) is 16.1. The van der Waals surface area contributed by atoms with Crippen LogP contribution in [0.25, 0.3) is 0 Å². The Bertz CT molecular complexity index is 683. The number of hydrogen-bond donors (Lipinski definition) is 0. The second kappa shape index (κ2) is 6.50. The average molecular weight is 366 g/mol. The molecular weight excluding hydrogens is 326 g/mol. The fourth-order valence-corrected chi connectivity index (χ4v) is 9.07. The largest absolute Gasteiger partial charge is 0.198 e. The van der Waals surface area contributed by atoms with Crippen molar-refractivity contribution < 1.29 is 0 Å². The fourth-order valence-electron chi connectivity index (χ4n) is 9.07. The summed E-state index contributed by atoms with van der Waals surface area (Å²) in [5.41, 5.74) is 1.85. The van der Waals surface area contributed by atoms with Crippen LogP contribution in [0.4, 0.5) is 0 Å². The number of rotatable bonds is 4. The van der Waals surface area contributed by atoms with E-state index in [0.29, 0.717) is 5.92 Å². The van der Waals surface area contributed by atoms with Crippen LogP contribution in [0.5, 0.6) is 0 Å². The molecular formula is C26H39N. The van der Waals surface area contributed by atoms with Crippen LogP contribution in [0.2, 0.25) is 0 Å². The normalized spacial score (nSPS) is 54.6. The first-order valence-corrected chi connectivity index (χ1v) is 11.6. The van der Waals surface area contributed by atoms with Crippen molar-refractivity contribution in [2.45, 2.75) is 73.1 Å². The highest BCUT2D eigenvalue weighted by Gasteiger charge is 2.78. The van der Waals surface area contributed by atoms with Crippen molar-refractivity contribution >= 4 is 0 Å². The van der Waals surface area contributed by atoms with Crippen LogP contribution < -0.4 is 0 Å². The van der Waals surface area contributed by atoms with Crippen LogP contribution in [-0.2, 0) is 0 Å². The molecule has 0 N–H and O–H groups in total. The maximum Gasteiger partial charge on any atom is 0.0698 e. The molecule has 0 saturated heterocycles. The van der Waals surface area contributed by atoms with Crippen LogP contribution in [0.15, 0.2) is 24.3 Å². The molecule has 27 heavy (non-hydrogen) atoms. The predicted octanol–water partition coefficient (Wildman–Crippen LogP) is 7.02. The van der Waals surface area contributed by atoms with Crippen molar-refractivity contribution in [1.82, 2.24) is 0 Å². The Morgan fingerprint density at radius 3 is 2.56 bits per heavy atom. The van der Waals surface area contributed by atoms with Gasteiger partial charge >= 0.3 is 0 Å². The molecule has 0 heterocycles. The molecule has 4 aliphatic rings. The van der Waals surface area contributed by atoms with Crippen LogP contribution in [0, 0.1) is 69.5 Å². The smallest absolute Gasteiger partial charge is 0.0698 e. The molecule has 0 aromatic rings. The van der Waals surface area contributed by atoms with Gasteiger partial charge in [-0.1, -0.05) is 65.3 Å². The molecule has 0 aromatic heterocycles. The number of allylic oxidation sites excluding steroid dienone is 3. The molecule has 0 bridgehead atoms. The summed E-state index contributed by atoms with van der Waals surface area (Å²) in [6.07, 6.45) is 11.9. The topological polar surface area (TPSA) is 23.8 Å². The molecule has 1 heteroatoms. The Kier molecular flexibility index (Phi) is 4.65. The molecule has 8 unspecified atom stereocenters. The van der Waals surface area contributed by atoms with Gasteiger partial charge in [0, 0.05) is 0 Å². The minimum Gasteiger partial charge on any atom is -0.198 e. The standard InChI is InChI=1S/C26H39N/c1-7-10-18-14-16(4)21-20(19(18)11-8-2)12-13-25(6)24(21)22-17(5)23(22)26(25,9-3)15-27/h7,10,16-17,19-24H,1,8-9,11-14H2,2-6H3/b18-10-/t16?,17?,19?,20-,21?,22?,23?,24?,25?,26+/m1/s1. The Hall–Kier alpha value is -1.03. The molecule has 0 spiro atoms. The third-order valence-electron chi connectivity index (χ3n) is 9.99. The van der Waals surface area contributed by atoms with Gasteiger partial charge in [-0.15, -0.1) is 0 Å². The lowest BCUT2D eigenvalue weighted by Gasteiger charge is -2.59. The highest BCUT2D eigenvalue weighted by molar-refractivity contribution is 5.32. The third-order valence-corrected chi connectivity index (χ3v) is 9.99. The molecule has 10 atom stereocenters. The number of fused-ring (bicyclic) bond motifs is 5. The summed E-state index contributed by atoms with van der Waals surface area (Å²) in [5, 5.41) is 10.4. The SMILES string of the molecule is C=C/C=C1/CC(C)C2C3C4C(C)C4[C@@](C#N)(CC)C3(C)CC[C@@H]2C1CCC. The van der Waals surface area contributed by atoms with E-state index in [1.165, 1.54) is 32.1 Å². The van der Waals surface area contributed by atoms with E-state index in [9.17, 15) is 5.26 Å². The first kappa shape index (κ1) is 19.3. The van der Waals surface area contributed by atoms with Gasteiger partial charge < -0.3 is 0 Å². The Morgan fingerprint density at radius 2 is 1.96 bits per heavy atom. The monoisotopic (exact) mass is 365 g/mol. The minimum atomic E-state index is -0.0655. The molecule has 4 aliphatic carbocycles. The van der Waals surface area contributed by atoms with E-state index in [1.54, 1.807) is 5.57 Å². The van der Waals surface area contributed by atoms with Crippen LogP contribution in [-0.4, -0.2) is 0 Å². The number of nitriles is 1. The quantitative estimate of drug-likeness (QED) is 0.525. The molecule has 0 radical (unpaired) electrons. The van der Waals surface area contributed by atoms with E-state index in [0.717, 1.165) is 47.8 Å². The van der Waals surface area contributed by atoms with E-state index in [4.69, 9.17) is 0 Å². The van der Waals surface area contributed by atoms with Gasteiger partial charge in [-0.3, -0.25) is 0 Å². The predicted molar refractivity (Wildman–Crippen MR) is 113 cm³/mol. The van der Waals surface area contributed by atoms with Crippen molar-refractivity contribution in [3.63, 3.8) is 0 Å². The van der Waals surface area contributed by atoms with Gasteiger partial charge in [0.2, 0.25) is 0 Å². The Balaban J connectivity index is 1.76. The lowest BCUT2D eigenvalue weighted by Crippen LogP contribution is -2.53. The molecule has 1 nitrogen and oxygen atoms in total. The van der Waals surface area contributed by atoms with E-state index in [1.807, 2.05) is 6.08 Å². The number of nitrogens with zero attached hydrogens (tertiary/aromatic N) is 1. The number of hydrogen-bond acceptors (Lipinski definition) is 1. The van der Waals surface area contributed by atoms with Crippen molar-refractivity contribution in [2.24, 2.45) is 58.2 Å². The first-order chi connectivity index (χ1) is 12.9. The Labute approximate surface area is 167 Å². The maximum absolute atomic E-state index is 10.4. The summed E-state index contributed by atoms with van der Waals surface area (Å²) in [6, 6.07) is 2.94. The molecule has 4 fully saturated rings. The molecule has 148 valence electrons. The zero-order chi connectivity index (χ0) is 19.6. The van der Waals surface area contributed by atoms with Gasteiger partial charge in [-0.25, -0.2) is 0 Å². The second-order valence-electron chi connectivity index (χ2n) is 10.7. The van der Waals surface area contributed by atoms with E-state index in [2.05, 4.69) is 53.3 Å².